The zero-order chi connectivity index (χ0) is 12.3. The van der Waals surface area contributed by atoms with Gasteiger partial charge in [-0.25, -0.2) is 9.97 Å². The fourth-order valence-corrected chi connectivity index (χ4v) is 2.95. The second-order valence-corrected chi connectivity index (χ2v) is 5.89. The van der Waals surface area contributed by atoms with Crippen molar-refractivity contribution >= 4 is 29.2 Å². The molecule has 1 aliphatic rings. The Morgan fingerprint density at radius 2 is 2.29 bits per heavy atom. The quantitative estimate of drug-likeness (QED) is 0.515. The van der Waals surface area contributed by atoms with Gasteiger partial charge in [0, 0.05) is 12.6 Å². The molecule has 2 atom stereocenters. The summed E-state index contributed by atoms with van der Waals surface area (Å²) >= 11 is 7.45. The maximum Gasteiger partial charge on any atom is 0.190 e. The maximum atomic E-state index is 5.94. The van der Waals surface area contributed by atoms with Crippen molar-refractivity contribution in [3.05, 3.63) is 11.2 Å². The lowest BCUT2D eigenvalue weighted by Gasteiger charge is -2.12. The Kier molecular flexibility index (Phi) is 4.51. The van der Waals surface area contributed by atoms with Gasteiger partial charge in [0.2, 0.25) is 0 Å². The summed E-state index contributed by atoms with van der Waals surface area (Å²) in [5, 5.41) is 4.60. The van der Waals surface area contributed by atoms with E-state index in [1.807, 2.05) is 6.26 Å². The van der Waals surface area contributed by atoms with Crippen LogP contribution in [0.25, 0.3) is 0 Å². The Morgan fingerprint density at radius 3 is 2.94 bits per heavy atom. The Labute approximate surface area is 112 Å². The number of nitrogens with one attached hydrogen (secondary N) is 1. The molecule has 94 valence electrons. The fourth-order valence-electron chi connectivity index (χ4n) is 2.34. The first-order valence-electron chi connectivity index (χ1n) is 6.00. The second-order valence-electron chi connectivity index (χ2n) is 4.73. The van der Waals surface area contributed by atoms with Crippen molar-refractivity contribution in [1.29, 1.82) is 0 Å². The first kappa shape index (κ1) is 13.0. The van der Waals surface area contributed by atoms with Gasteiger partial charge in [-0.15, -0.1) is 0 Å². The SMILES string of the molecule is CSc1nc(Cl)cc(NCC2CCC(C)C2)n1. The van der Waals surface area contributed by atoms with Crippen molar-refractivity contribution < 1.29 is 0 Å². The van der Waals surface area contributed by atoms with Crippen molar-refractivity contribution in [2.24, 2.45) is 11.8 Å². The molecule has 0 amide bonds. The summed E-state index contributed by atoms with van der Waals surface area (Å²) in [5.74, 6) is 2.49. The molecule has 0 saturated heterocycles. The average molecular weight is 272 g/mol. The molecule has 2 rings (SSSR count). The minimum atomic E-state index is 0.506. The van der Waals surface area contributed by atoms with Gasteiger partial charge in [0.25, 0.3) is 0 Å². The van der Waals surface area contributed by atoms with E-state index in [0.717, 1.165) is 29.4 Å². The molecule has 1 N–H and O–H groups in total. The molecule has 1 fully saturated rings. The van der Waals surface area contributed by atoms with Gasteiger partial charge in [-0.3, -0.25) is 0 Å². The van der Waals surface area contributed by atoms with Gasteiger partial charge in [0.15, 0.2) is 5.16 Å². The van der Waals surface area contributed by atoms with Crippen LogP contribution in [-0.4, -0.2) is 22.8 Å². The maximum absolute atomic E-state index is 5.94. The minimum absolute atomic E-state index is 0.506. The number of hydrogen-bond donors (Lipinski definition) is 1. The molecule has 1 aromatic heterocycles. The summed E-state index contributed by atoms with van der Waals surface area (Å²) < 4.78 is 0. The summed E-state index contributed by atoms with van der Waals surface area (Å²) in [6, 6.07) is 1.79. The van der Waals surface area contributed by atoms with E-state index in [-0.39, 0.29) is 0 Å². The normalized spacial score (nSPS) is 23.9. The molecule has 0 spiro atoms. The van der Waals surface area contributed by atoms with Crippen LogP contribution in [0.4, 0.5) is 5.82 Å². The molecule has 2 unspecified atom stereocenters. The van der Waals surface area contributed by atoms with Crippen LogP contribution in [0.2, 0.25) is 5.15 Å². The van der Waals surface area contributed by atoms with E-state index in [9.17, 15) is 0 Å². The molecular weight excluding hydrogens is 254 g/mol. The lowest BCUT2D eigenvalue weighted by Crippen LogP contribution is -2.12. The van der Waals surface area contributed by atoms with Gasteiger partial charge < -0.3 is 5.32 Å². The summed E-state index contributed by atoms with van der Waals surface area (Å²) in [4.78, 5) is 8.51. The molecule has 3 nitrogen and oxygen atoms in total. The molecule has 0 radical (unpaired) electrons. The van der Waals surface area contributed by atoms with E-state index in [4.69, 9.17) is 11.6 Å². The molecule has 1 heterocycles. The summed E-state index contributed by atoms with van der Waals surface area (Å²) in [5.41, 5.74) is 0. The predicted molar refractivity (Wildman–Crippen MR) is 73.8 cm³/mol. The Hall–Kier alpha value is -0.480. The lowest BCUT2D eigenvalue weighted by atomic mass is 10.1. The smallest absolute Gasteiger partial charge is 0.190 e. The summed E-state index contributed by atoms with van der Waals surface area (Å²) in [7, 11) is 0. The van der Waals surface area contributed by atoms with Crippen LogP contribution < -0.4 is 5.32 Å². The average Bonchev–Trinajstić information content (AvgIpc) is 2.72. The van der Waals surface area contributed by atoms with Crippen molar-refractivity contribution in [3.8, 4) is 0 Å². The number of anilines is 1. The predicted octanol–water partition coefficient (Wildman–Crippen LogP) is 3.70. The van der Waals surface area contributed by atoms with E-state index in [1.165, 1.54) is 31.0 Å². The van der Waals surface area contributed by atoms with Crippen molar-refractivity contribution in [3.63, 3.8) is 0 Å². The van der Waals surface area contributed by atoms with E-state index in [0.29, 0.717) is 5.15 Å². The highest BCUT2D eigenvalue weighted by atomic mass is 35.5. The van der Waals surface area contributed by atoms with Gasteiger partial charge >= 0.3 is 0 Å². The lowest BCUT2D eigenvalue weighted by molar-refractivity contribution is 0.536. The first-order chi connectivity index (χ1) is 8.17. The number of rotatable bonds is 4. The number of thioether (sulfide) groups is 1. The van der Waals surface area contributed by atoms with Crippen LogP contribution in [0.1, 0.15) is 26.2 Å². The highest BCUT2D eigenvalue weighted by Gasteiger charge is 2.20. The van der Waals surface area contributed by atoms with Crippen LogP contribution in [0.15, 0.2) is 11.2 Å². The van der Waals surface area contributed by atoms with Crippen LogP contribution in [0.3, 0.4) is 0 Å². The zero-order valence-corrected chi connectivity index (χ0v) is 11.8. The first-order valence-corrected chi connectivity index (χ1v) is 7.60. The molecule has 1 saturated carbocycles. The van der Waals surface area contributed by atoms with Crippen LogP contribution >= 0.6 is 23.4 Å². The summed E-state index contributed by atoms with van der Waals surface area (Å²) in [6.07, 6.45) is 5.95. The van der Waals surface area contributed by atoms with Gasteiger partial charge in [0.05, 0.1) is 0 Å². The zero-order valence-electron chi connectivity index (χ0n) is 10.2. The van der Waals surface area contributed by atoms with Crippen LogP contribution in [0.5, 0.6) is 0 Å². The highest BCUT2D eigenvalue weighted by Crippen LogP contribution is 2.30. The Bertz CT molecular complexity index is 386. The number of nitrogens with zero attached hydrogens (tertiary/aromatic N) is 2. The van der Waals surface area contributed by atoms with E-state index >= 15 is 0 Å². The van der Waals surface area contributed by atoms with E-state index < -0.39 is 0 Å². The van der Waals surface area contributed by atoms with E-state index in [1.54, 1.807) is 6.07 Å². The highest BCUT2D eigenvalue weighted by molar-refractivity contribution is 7.98. The molecule has 17 heavy (non-hydrogen) atoms. The molecular formula is C12H18ClN3S. The van der Waals surface area contributed by atoms with Gasteiger partial charge in [-0.2, -0.15) is 0 Å². The standard InChI is InChI=1S/C12H18ClN3S/c1-8-3-4-9(5-8)7-14-11-6-10(13)15-12(16-11)17-2/h6,8-9H,3-5,7H2,1-2H3,(H,14,15,16). The summed E-state index contributed by atoms with van der Waals surface area (Å²) in [6.45, 7) is 3.32. The van der Waals surface area contributed by atoms with Crippen LogP contribution in [-0.2, 0) is 0 Å². The number of halogens is 1. The van der Waals surface area contributed by atoms with Gasteiger partial charge in [-0.05, 0) is 30.9 Å². The third-order valence-electron chi connectivity index (χ3n) is 3.23. The largest absolute Gasteiger partial charge is 0.370 e. The Morgan fingerprint density at radius 1 is 1.47 bits per heavy atom. The molecule has 0 bridgehead atoms. The molecule has 5 heteroatoms. The second kappa shape index (κ2) is 5.91. The topological polar surface area (TPSA) is 37.8 Å². The third-order valence-corrected chi connectivity index (χ3v) is 3.97. The molecule has 1 aliphatic carbocycles. The van der Waals surface area contributed by atoms with Crippen molar-refractivity contribution in [2.75, 3.05) is 18.1 Å². The number of aromatic nitrogens is 2. The minimum Gasteiger partial charge on any atom is -0.370 e. The van der Waals surface area contributed by atoms with Crippen molar-refractivity contribution in [1.82, 2.24) is 9.97 Å². The van der Waals surface area contributed by atoms with Crippen LogP contribution in [0, 0.1) is 11.8 Å². The van der Waals surface area contributed by atoms with Gasteiger partial charge in [0.1, 0.15) is 11.0 Å². The van der Waals surface area contributed by atoms with Gasteiger partial charge in [-0.1, -0.05) is 36.7 Å². The Balaban J connectivity index is 1.92. The van der Waals surface area contributed by atoms with E-state index in [2.05, 4.69) is 22.2 Å². The monoisotopic (exact) mass is 271 g/mol. The molecule has 1 aromatic rings. The molecule has 0 aliphatic heterocycles. The third kappa shape index (κ3) is 3.75. The molecule has 0 aromatic carbocycles. The van der Waals surface area contributed by atoms with Crippen molar-refractivity contribution in [2.45, 2.75) is 31.3 Å². The number of hydrogen-bond acceptors (Lipinski definition) is 4. The fraction of sp³-hybridized carbons (Fsp3) is 0.667.